The molecule has 4 heteroatoms. The van der Waals surface area contributed by atoms with Gasteiger partial charge in [0.05, 0.1) is 11.4 Å². The quantitative estimate of drug-likeness (QED) is 0.914. The third-order valence-corrected chi connectivity index (χ3v) is 2.96. The number of aryl methyl sites for hydroxylation is 2. The highest BCUT2D eigenvalue weighted by Crippen LogP contribution is 2.22. The van der Waals surface area contributed by atoms with E-state index < -0.39 is 0 Å². The molecule has 0 unspecified atom stereocenters. The summed E-state index contributed by atoms with van der Waals surface area (Å²) in [6.45, 7) is 4.08. The maximum absolute atomic E-state index is 4.41. The predicted molar refractivity (Wildman–Crippen MR) is 70.3 cm³/mol. The number of hydrogen-bond acceptors (Lipinski definition) is 2. The SMILES string of the molecule is CNc1nc(C)cn1-c1ccc(Br)cc1C. The van der Waals surface area contributed by atoms with Gasteiger partial charge in [-0.25, -0.2) is 4.98 Å². The van der Waals surface area contributed by atoms with Gasteiger partial charge in [0.15, 0.2) is 0 Å². The normalized spacial score (nSPS) is 10.5. The van der Waals surface area contributed by atoms with Crippen molar-refractivity contribution in [3.8, 4) is 5.69 Å². The van der Waals surface area contributed by atoms with E-state index in [1.165, 1.54) is 5.56 Å². The van der Waals surface area contributed by atoms with Crippen molar-refractivity contribution in [2.45, 2.75) is 13.8 Å². The van der Waals surface area contributed by atoms with Gasteiger partial charge in [-0.1, -0.05) is 15.9 Å². The Morgan fingerprint density at radius 3 is 2.69 bits per heavy atom. The van der Waals surface area contributed by atoms with Gasteiger partial charge in [0.1, 0.15) is 0 Å². The van der Waals surface area contributed by atoms with Crippen molar-refractivity contribution < 1.29 is 0 Å². The fourth-order valence-corrected chi connectivity index (χ4v) is 2.22. The highest BCUT2D eigenvalue weighted by Gasteiger charge is 2.08. The fourth-order valence-electron chi connectivity index (χ4n) is 1.75. The summed E-state index contributed by atoms with van der Waals surface area (Å²) in [5.41, 5.74) is 3.36. The first-order valence-corrected chi connectivity index (χ1v) is 5.91. The molecular formula is C12H14BrN3. The summed E-state index contributed by atoms with van der Waals surface area (Å²) in [5, 5.41) is 3.10. The van der Waals surface area contributed by atoms with E-state index in [1.807, 2.05) is 26.2 Å². The smallest absolute Gasteiger partial charge is 0.207 e. The van der Waals surface area contributed by atoms with E-state index in [4.69, 9.17) is 0 Å². The second-order valence-electron chi connectivity index (χ2n) is 3.76. The summed E-state index contributed by atoms with van der Waals surface area (Å²) < 4.78 is 3.16. The lowest BCUT2D eigenvalue weighted by atomic mass is 10.2. The third-order valence-electron chi connectivity index (χ3n) is 2.47. The molecule has 3 nitrogen and oxygen atoms in total. The highest BCUT2D eigenvalue weighted by molar-refractivity contribution is 9.10. The van der Waals surface area contributed by atoms with Crippen LogP contribution in [0.1, 0.15) is 11.3 Å². The Hall–Kier alpha value is -1.29. The molecule has 0 saturated carbocycles. The Morgan fingerprint density at radius 1 is 1.31 bits per heavy atom. The Morgan fingerprint density at radius 2 is 2.06 bits per heavy atom. The number of benzene rings is 1. The summed E-state index contributed by atoms with van der Waals surface area (Å²) >= 11 is 3.47. The molecule has 1 aromatic heterocycles. The van der Waals surface area contributed by atoms with Crippen molar-refractivity contribution in [3.63, 3.8) is 0 Å². The van der Waals surface area contributed by atoms with Crippen LogP contribution in [0.25, 0.3) is 5.69 Å². The van der Waals surface area contributed by atoms with Crippen LogP contribution in [0.5, 0.6) is 0 Å². The van der Waals surface area contributed by atoms with Crippen molar-refractivity contribution in [1.29, 1.82) is 0 Å². The number of rotatable bonds is 2. The molecule has 2 rings (SSSR count). The van der Waals surface area contributed by atoms with Gasteiger partial charge in [-0.15, -0.1) is 0 Å². The van der Waals surface area contributed by atoms with Gasteiger partial charge in [0, 0.05) is 17.7 Å². The fraction of sp³-hybridized carbons (Fsp3) is 0.250. The molecule has 0 atom stereocenters. The second-order valence-corrected chi connectivity index (χ2v) is 4.67. The van der Waals surface area contributed by atoms with Crippen LogP contribution in [-0.2, 0) is 0 Å². The number of anilines is 1. The topological polar surface area (TPSA) is 29.9 Å². The van der Waals surface area contributed by atoms with Gasteiger partial charge in [-0.2, -0.15) is 0 Å². The van der Waals surface area contributed by atoms with Gasteiger partial charge in [0.25, 0.3) is 0 Å². The Balaban J connectivity index is 2.57. The number of hydrogen-bond donors (Lipinski definition) is 1. The first-order chi connectivity index (χ1) is 7.61. The average molecular weight is 280 g/mol. The summed E-state index contributed by atoms with van der Waals surface area (Å²) in [5.74, 6) is 0.864. The number of imidazole rings is 1. The molecule has 1 N–H and O–H groups in total. The first kappa shape index (κ1) is 11.2. The summed E-state index contributed by atoms with van der Waals surface area (Å²) in [6.07, 6.45) is 2.03. The largest absolute Gasteiger partial charge is 0.358 e. The molecule has 2 aromatic rings. The van der Waals surface area contributed by atoms with Crippen molar-refractivity contribution in [2.24, 2.45) is 0 Å². The monoisotopic (exact) mass is 279 g/mol. The Labute approximate surface area is 104 Å². The van der Waals surface area contributed by atoms with Crippen molar-refractivity contribution in [1.82, 2.24) is 9.55 Å². The molecule has 0 aliphatic rings. The first-order valence-electron chi connectivity index (χ1n) is 5.12. The minimum atomic E-state index is 0.864. The molecule has 0 bridgehead atoms. The molecule has 0 saturated heterocycles. The minimum absolute atomic E-state index is 0.864. The van der Waals surface area contributed by atoms with E-state index in [0.717, 1.165) is 21.8 Å². The van der Waals surface area contributed by atoms with E-state index in [9.17, 15) is 0 Å². The van der Waals surface area contributed by atoms with E-state index in [1.54, 1.807) is 0 Å². The Kier molecular flexibility index (Phi) is 3.01. The van der Waals surface area contributed by atoms with Crippen LogP contribution in [0.3, 0.4) is 0 Å². The number of nitrogens with zero attached hydrogens (tertiary/aromatic N) is 2. The summed E-state index contributed by atoms with van der Waals surface area (Å²) in [4.78, 5) is 4.41. The van der Waals surface area contributed by atoms with Gasteiger partial charge in [-0.3, -0.25) is 4.57 Å². The predicted octanol–water partition coefficient (Wildman–Crippen LogP) is 3.29. The van der Waals surface area contributed by atoms with E-state index >= 15 is 0 Å². The molecule has 0 radical (unpaired) electrons. The molecule has 0 spiro atoms. The molecule has 0 amide bonds. The molecule has 0 aliphatic heterocycles. The van der Waals surface area contributed by atoms with Gasteiger partial charge in [0.2, 0.25) is 5.95 Å². The minimum Gasteiger partial charge on any atom is -0.358 e. The lowest BCUT2D eigenvalue weighted by molar-refractivity contribution is 1.04. The molecule has 0 fully saturated rings. The lowest BCUT2D eigenvalue weighted by Crippen LogP contribution is -2.02. The lowest BCUT2D eigenvalue weighted by Gasteiger charge is -2.10. The molecule has 84 valence electrons. The van der Waals surface area contributed by atoms with Crippen LogP contribution in [0.2, 0.25) is 0 Å². The van der Waals surface area contributed by atoms with Crippen LogP contribution < -0.4 is 5.32 Å². The van der Waals surface area contributed by atoms with E-state index in [2.05, 4.69) is 49.9 Å². The van der Waals surface area contributed by atoms with Crippen LogP contribution in [-0.4, -0.2) is 16.6 Å². The van der Waals surface area contributed by atoms with Gasteiger partial charge in [-0.05, 0) is 37.6 Å². The number of halogens is 1. The number of nitrogens with one attached hydrogen (secondary N) is 1. The third kappa shape index (κ3) is 1.97. The van der Waals surface area contributed by atoms with E-state index in [0.29, 0.717) is 0 Å². The molecular weight excluding hydrogens is 266 g/mol. The maximum Gasteiger partial charge on any atom is 0.207 e. The van der Waals surface area contributed by atoms with Crippen molar-refractivity contribution in [3.05, 3.63) is 40.1 Å². The Bertz CT molecular complexity index is 517. The maximum atomic E-state index is 4.41. The van der Waals surface area contributed by atoms with Crippen molar-refractivity contribution >= 4 is 21.9 Å². The van der Waals surface area contributed by atoms with Crippen LogP contribution >= 0.6 is 15.9 Å². The van der Waals surface area contributed by atoms with Crippen molar-refractivity contribution in [2.75, 3.05) is 12.4 Å². The van der Waals surface area contributed by atoms with Gasteiger partial charge >= 0.3 is 0 Å². The standard InChI is InChI=1S/C12H14BrN3/c1-8-6-10(13)4-5-11(8)16-7-9(2)15-12(16)14-3/h4-7H,1-3H3,(H,14,15). The molecule has 16 heavy (non-hydrogen) atoms. The molecule has 1 heterocycles. The van der Waals surface area contributed by atoms with Crippen LogP contribution in [0.4, 0.5) is 5.95 Å². The molecule has 1 aromatic carbocycles. The summed E-state index contributed by atoms with van der Waals surface area (Å²) in [6, 6.07) is 6.22. The summed E-state index contributed by atoms with van der Waals surface area (Å²) in [7, 11) is 1.88. The molecule has 0 aliphatic carbocycles. The average Bonchev–Trinajstić information content (AvgIpc) is 2.59. The number of aromatic nitrogens is 2. The van der Waals surface area contributed by atoms with Gasteiger partial charge < -0.3 is 5.32 Å². The van der Waals surface area contributed by atoms with Crippen LogP contribution in [0.15, 0.2) is 28.9 Å². The van der Waals surface area contributed by atoms with Crippen LogP contribution in [0, 0.1) is 13.8 Å². The zero-order valence-corrected chi connectivity index (χ0v) is 11.2. The zero-order valence-electron chi connectivity index (χ0n) is 9.58. The highest BCUT2D eigenvalue weighted by atomic mass is 79.9. The zero-order chi connectivity index (χ0) is 11.7. The van der Waals surface area contributed by atoms with E-state index in [-0.39, 0.29) is 0 Å². The second kappa shape index (κ2) is 4.29.